The molecule has 0 unspecified atom stereocenters. The largest absolute Gasteiger partial charge is 0.490 e. The van der Waals surface area contributed by atoms with Crippen LogP contribution in [0.3, 0.4) is 0 Å². The maximum absolute atomic E-state index is 12.5. The maximum Gasteiger partial charge on any atom is 0.276 e. The lowest BCUT2D eigenvalue weighted by Crippen LogP contribution is -2.26. The summed E-state index contributed by atoms with van der Waals surface area (Å²) in [4.78, 5) is 15.6. The third kappa shape index (κ3) is 4.62. The molecule has 0 atom stereocenters. The zero-order valence-corrected chi connectivity index (χ0v) is 19.3. The number of hydrogen-bond donors (Lipinski definition) is 0. The summed E-state index contributed by atoms with van der Waals surface area (Å²) in [6, 6.07) is 11.9. The second kappa shape index (κ2) is 8.97. The van der Waals surface area contributed by atoms with Gasteiger partial charge in [-0.15, -0.1) is 0 Å². The van der Waals surface area contributed by atoms with Crippen molar-refractivity contribution in [2.24, 2.45) is 0 Å². The number of aryl methyl sites for hydroxylation is 1. The van der Waals surface area contributed by atoms with Gasteiger partial charge in [-0.25, -0.2) is 0 Å². The van der Waals surface area contributed by atoms with Crippen LogP contribution in [-0.2, 0) is 11.4 Å². The van der Waals surface area contributed by atoms with Gasteiger partial charge < -0.3 is 14.4 Å². The van der Waals surface area contributed by atoms with Crippen LogP contribution < -0.4 is 9.47 Å². The van der Waals surface area contributed by atoms with Gasteiger partial charge in [-0.3, -0.25) is 9.69 Å². The highest BCUT2D eigenvalue weighted by atomic mass is 79.9. The van der Waals surface area contributed by atoms with Crippen molar-refractivity contribution in [2.45, 2.75) is 20.5 Å². The summed E-state index contributed by atoms with van der Waals surface area (Å²) >= 11 is 8.87. The van der Waals surface area contributed by atoms with Crippen molar-refractivity contribution in [3.8, 4) is 11.5 Å². The summed E-state index contributed by atoms with van der Waals surface area (Å²) in [6.07, 6.45) is 1.80. The van der Waals surface area contributed by atoms with E-state index in [1.807, 2.05) is 31.2 Å². The third-order valence-electron chi connectivity index (χ3n) is 4.63. The molecule has 1 aliphatic rings. The Labute approximate surface area is 185 Å². The number of benzene rings is 2. The summed E-state index contributed by atoms with van der Waals surface area (Å²) in [7, 11) is 3.46. The van der Waals surface area contributed by atoms with Crippen molar-refractivity contribution in [1.29, 1.82) is 0 Å². The Kier molecular flexibility index (Phi) is 6.59. The number of rotatable bonds is 6. The summed E-state index contributed by atoms with van der Waals surface area (Å²) in [6.45, 7) is 4.92. The second-order valence-corrected chi connectivity index (χ2v) is 7.98. The topological polar surface area (TPSA) is 42.0 Å². The van der Waals surface area contributed by atoms with Crippen LogP contribution in [-0.4, -0.2) is 41.5 Å². The van der Waals surface area contributed by atoms with E-state index in [9.17, 15) is 4.79 Å². The molecule has 0 bridgehead atoms. The summed E-state index contributed by atoms with van der Waals surface area (Å²) in [5.74, 6) is 1.13. The van der Waals surface area contributed by atoms with Crippen LogP contribution in [0.4, 0.5) is 0 Å². The van der Waals surface area contributed by atoms with E-state index in [-0.39, 0.29) is 5.91 Å². The normalized spacial score (nSPS) is 15.4. The molecule has 3 rings (SSSR count). The quantitative estimate of drug-likeness (QED) is 0.445. The Morgan fingerprint density at radius 1 is 1.07 bits per heavy atom. The van der Waals surface area contributed by atoms with E-state index in [0.29, 0.717) is 35.5 Å². The van der Waals surface area contributed by atoms with E-state index in [4.69, 9.17) is 21.7 Å². The van der Waals surface area contributed by atoms with Gasteiger partial charge >= 0.3 is 0 Å². The Hall–Kier alpha value is -2.38. The lowest BCUT2D eigenvalue weighted by atomic mass is 10.1. The predicted octanol–water partition coefficient (Wildman–Crippen LogP) is 4.76. The van der Waals surface area contributed by atoms with E-state index in [0.717, 1.165) is 15.6 Å². The third-order valence-corrected chi connectivity index (χ3v) is 5.86. The first-order chi connectivity index (χ1) is 13.8. The summed E-state index contributed by atoms with van der Waals surface area (Å²) in [5, 5.41) is 0.473. The molecule has 5 nitrogen and oxygen atoms in total. The molecule has 0 radical (unpaired) electrons. The van der Waals surface area contributed by atoms with Gasteiger partial charge in [-0.05, 0) is 55.4 Å². The Morgan fingerprint density at radius 3 is 2.31 bits per heavy atom. The van der Waals surface area contributed by atoms with Crippen molar-refractivity contribution in [3.63, 3.8) is 0 Å². The van der Waals surface area contributed by atoms with Gasteiger partial charge in [-0.2, -0.15) is 0 Å². The van der Waals surface area contributed by atoms with Crippen LogP contribution in [0.5, 0.6) is 11.5 Å². The summed E-state index contributed by atoms with van der Waals surface area (Å²) in [5.41, 5.74) is 3.61. The first-order valence-corrected chi connectivity index (χ1v) is 10.4. The number of hydrogen-bond acceptors (Lipinski definition) is 4. The van der Waals surface area contributed by atoms with Crippen molar-refractivity contribution in [3.05, 3.63) is 63.3 Å². The number of carbonyl (C=O) groups excluding carboxylic acids is 1. The number of ether oxygens (including phenoxy) is 2. The highest BCUT2D eigenvalue weighted by Crippen LogP contribution is 2.36. The van der Waals surface area contributed by atoms with Crippen LogP contribution in [0.1, 0.15) is 23.6 Å². The maximum atomic E-state index is 12.5. The monoisotopic (exact) mass is 474 g/mol. The van der Waals surface area contributed by atoms with Gasteiger partial charge in [0.25, 0.3) is 5.91 Å². The van der Waals surface area contributed by atoms with Gasteiger partial charge in [0.15, 0.2) is 16.6 Å². The fraction of sp³-hybridized carbons (Fsp3) is 0.273. The first-order valence-electron chi connectivity index (χ1n) is 9.24. The number of thiocarbonyl (C=S) groups is 1. The standard InChI is InChI=1S/C22H23BrN2O3S/c1-5-27-19-11-16(10-18-21(26)25(4)22(29)24(18)3)17(23)12-20(19)28-13-15-8-6-14(2)7-9-15/h6-12H,5,13H2,1-4H3/b18-10-. The lowest BCUT2D eigenvalue weighted by Gasteiger charge is -2.15. The lowest BCUT2D eigenvalue weighted by molar-refractivity contribution is -0.121. The highest BCUT2D eigenvalue weighted by Gasteiger charge is 2.32. The molecule has 7 heteroatoms. The van der Waals surface area contributed by atoms with Crippen LogP contribution in [0.15, 0.2) is 46.6 Å². The molecule has 1 saturated heterocycles. The van der Waals surface area contributed by atoms with E-state index in [2.05, 4.69) is 35.0 Å². The van der Waals surface area contributed by atoms with Gasteiger partial charge in [0, 0.05) is 18.6 Å². The molecule has 2 aromatic rings. The van der Waals surface area contributed by atoms with Crippen molar-refractivity contribution in [2.75, 3.05) is 20.7 Å². The van der Waals surface area contributed by atoms with E-state index in [1.54, 1.807) is 25.1 Å². The predicted molar refractivity (Wildman–Crippen MR) is 122 cm³/mol. The van der Waals surface area contributed by atoms with E-state index in [1.165, 1.54) is 10.5 Å². The van der Waals surface area contributed by atoms with Crippen molar-refractivity contribution >= 4 is 45.2 Å². The molecule has 0 spiro atoms. The minimum absolute atomic E-state index is 0.137. The average Bonchev–Trinajstić information content (AvgIpc) is 2.88. The number of likely N-dealkylation sites (N-methyl/N-ethyl adjacent to an activating group) is 2. The van der Waals surface area contributed by atoms with Crippen molar-refractivity contribution in [1.82, 2.24) is 9.80 Å². The summed E-state index contributed by atoms with van der Waals surface area (Å²) < 4.78 is 12.6. The Morgan fingerprint density at radius 2 is 1.72 bits per heavy atom. The molecule has 152 valence electrons. The van der Waals surface area contributed by atoms with Gasteiger partial charge in [0.1, 0.15) is 12.3 Å². The number of halogens is 1. The number of amides is 1. The first kappa shape index (κ1) is 21.3. The average molecular weight is 475 g/mol. The van der Waals surface area contributed by atoms with Crippen LogP contribution in [0.25, 0.3) is 6.08 Å². The van der Waals surface area contributed by atoms with E-state index < -0.39 is 0 Å². The second-order valence-electron chi connectivity index (χ2n) is 6.76. The zero-order chi connectivity index (χ0) is 21.1. The molecule has 29 heavy (non-hydrogen) atoms. The van der Waals surface area contributed by atoms with Crippen LogP contribution >= 0.6 is 28.1 Å². The minimum atomic E-state index is -0.137. The molecule has 0 aromatic heterocycles. The molecule has 0 saturated carbocycles. The Bertz CT molecular complexity index is 973. The SMILES string of the molecule is CCOc1cc(/C=C2/C(=O)N(C)C(=S)N2C)c(Br)cc1OCc1ccc(C)cc1. The number of carbonyl (C=O) groups is 1. The molecule has 2 aromatic carbocycles. The zero-order valence-electron chi connectivity index (χ0n) is 16.9. The molecule has 1 aliphatic heterocycles. The van der Waals surface area contributed by atoms with Crippen LogP contribution in [0, 0.1) is 6.92 Å². The Balaban J connectivity index is 1.90. The molecule has 1 fully saturated rings. The van der Waals surface area contributed by atoms with Crippen molar-refractivity contribution < 1.29 is 14.3 Å². The van der Waals surface area contributed by atoms with Gasteiger partial charge in [0.05, 0.1) is 6.61 Å². The molecule has 1 amide bonds. The smallest absolute Gasteiger partial charge is 0.276 e. The highest BCUT2D eigenvalue weighted by molar-refractivity contribution is 9.10. The molecule has 1 heterocycles. The molecular formula is C22H23BrN2O3S. The molecular weight excluding hydrogens is 452 g/mol. The number of nitrogens with zero attached hydrogens (tertiary/aromatic N) is 2. The molecule has 0 N–H and O–H groups in total. The van der Waals surface area contributed by atoms with Gasteiger partial charge in [0.2, 0.25) is 0 Å². The fourth-order valence-electron chi connectivity index (χ4n) is 2.92. The van der Waals surface area contributed by atoms with Crippen LogP contribution in [0.2, 0.25) is 0 Å². The minimum Gasteiger partial charge on any atom is -0.490 e. The molecule has 0 aliphatic carbocycles. The van der Waals surface area contributed by atoms with Gasteiger partial charge in [-0.1, -0.05) is 45.8 Å². The van der Waals surface area contributed by atoms with E-state index >= 15 is 0 Å². The fourth-order valence-corrected chi connectivity index (χ4v) is 3.54.